The predicted molar refractivity (Wildman–Crippen MR) is 80.4 cm³/mol. The lowest BCUT2D eigenvalue weighted by Crippen LogP contribution is -2.13. The van der Waals surface area contributed by atoms with Gasteiger partial charge in [0.1, 0.15) is 0 Å². The summed E-state index contributed by atoms with van der Waals surface area (Å²) in [5, 5.41) is 11.1. The third kappa shape index (κ3) is 4.03. The molecular weight excluding hydrogens is 326 g/mol. The molecule has 0 saturated heterocycles. The van der Waals surface area contributed by atoms with E-state index in [-0.39, 0.29) is 22.8 Å². The molecule has 0 spiro atoms. The standard InChI is InChI=1S/C14H18BrNO4/c1-4-10(5-2)8-20-14-12(9(3)17)6-11(15)7-13(14)16(18)19/h6-7,10H,4-5,8H2,1-3H3. The summed E-state index contributed by atoms with van der Waals surface area (Å²) in [4.78, 5) is 22.3. The SMILES string of the molecule is CCC(CC)COc1c(C(C)=O)cc(Br)cc1[N+](=O)[O-]. The van der Waals surface area contributed by atoms with Crippen LogP contribution in [0.5, 0.6) is 5.75 Å². The highest BCUT2D eigenvalue weighted by molar-refractivity contribution is 9.10. The highest BCUT2D eigenvalue weighted by atomic mass is 79.9. The molecule has 0 aromatic heterocycles. The van der Waals surface area contributed by atoms with Crippen LogP contribution >= 0.6 is 15.9 Å². The predicted octanol–water partition coefficient (Wildman–Crippen LogP) is 4.37. The van der Waals surface area contributed by atoms with Crippen LogP contribution in [0.25, 0.3) is 0 Å². The van der Waals surface area contributed by atoms with E-state index in [0.29, 0.717) is 17.0 Å². The van der Waals surface area contributed by atoms with Crippen molar-refractivity contribution in [3.8, 4) is 5.75 Å². The second-order valence-electron chi connectivity index (χ2n) is 4.61. The summed E-state index contributed by atoms with van der Waals surface area (Å²) in [6.07, 6.45) is 1.85. The Morgan fingerprint density at radius 3 is 2.45 bits per heavy atom. The fourth-order valence-corrected chi connectivity index (χ4v) is 2.30. The molecule has 0 heterocycles. The number of carbonyl (C=O) groups excluding carboxylic acids is 1. The van der Waals surface area contributed by atoms with Crippen LogP contribution in [0.4, 0.5) is 5.69 Å². The van der Waals surface area contributed by atoms with Crippen LogP contribution in [0.2, 0.25) is 0 Å². The average Bonchev–Trinajstić information content (AvgIpc) is 2.40. The van der Waals surface area contributed by atoms with Crippen molar-refractivity contribution in [3.05, 3.63) is 32.3 Å². The minimum atomic E-state index is -0.528. The van der Waals surface area contributed by atoms with Gasteiger partial charge in [0.15, 0.2) is 5.78 Å². The Morgan fingerprint density at radius 1 is 1.40 bits per heavy atom. The van der Waals surface area contributed by atoms with Crippen molar-refractivity contribution in [3.63, 3.8) is 0 Å². The van der Waals surface area contributed by atoms with E-state index in [2.05, 4.69) is 15.9 Å². The molecule has 0 saturated carbocycles. The molecule has 20 heavy (non-hydrogen) atoms. The van der Waals surface area contributed by atoms with Gasteiger partial charge in [0, 0.05) is 10.5 Å². The third-order valence-electron chi connectivity index (χ3n) is 3.23. The highest BCUT2D eigenvalue weighted by Crippen LogP contribution is 2.35. The van der Waals surface area contributed by atoms with E-state index < -0.39 is 4.92 Å². The third-order valence-corrected chi connectivity index (χ3v) is 3.69. The van der Waals surface area contributed by atoms with E-state index in [0.717, 1.165) is 12.8 Å². The number of carbonyl (C=O) groups is 1. The Balaban J connectivity index is 3.19. The molecular formula is C14H18BrNO4. The van der Waals surface area contributed by atoms with Gasteiger partial charge in [0.05, 0.1) is 17.1 Å². The normalized spacial score (nSPS) is 10.7. The molecule has 0 fully saturated rings. The highest BCUT2D eigenvalue weighted by Gasteiger charge is 2.23. The second-order valence-corrected chi connectivity index (χ2v) is 5.52. The first-order chi connectivity index (χ1) is 9.40. The largest absolute Gasteiger partial charge is 0.486 e. The Labute approximate surface area is 126 Å². The minimum Gasteiger partial charge on any atom is -0.486 e. The zero-order valence-electron chi connectivity index (χ0n) is 11.8. The van der Waals surface area contributed by atoms with Crippen molar-refractivity contribution in [2.75, 3.05) is 6.61 Å². The lowest BCUT2D eigenvalue weighted by Gasteiger charge is -2.15. The maximum Gasteiger partial charge on any atom is 0.312 e. The quantitative estimate of drug-likeness (QED) is 0.418. The number of hydrogen-bond acceptors (Lipinski definition) is 4. The zero-order chi connectivity index (χ0) is 15.3. The number of nitro groups is 1. The van der Waals surface area contributed by atoms with Gasteiger partial charge in [-0.15, -0.1) is 0 Å². The van der Waals surface area contributed by atoms with Crippen LogP contribution < -0.4 is 4.74 Å². The molecule has 1 aromatic rings. The van der Waals surface area contributed by atoms with Crippen molar-refractivity contribution in [2.45, 2.75) is 33.6 Å². The van der Waals surface area contributed by atoms with E-state index in [9.17, 15) is 14.9 Å². The summed E-state index contributed by atoms with van der Waals surface area (Å²) in [6.45, 7) is 5.82. The fourth-order valence-electron chi connectivity index (χ4n) is 1.85. The van der Waals surface area contributed by atoms with Gasteiger partial charge in [-0.25, -0.2) is 0 Å². The maximum atomic E-state index is 11.7. The van der Waals surface area contributed by atoms with E-state index in [1.807, 2.05) is 13.8 Å². The number of benzene rings is 1. The first-order valence-electron chi connectivity index (χ1n) is 6.52. The van der Waals surface area contributed by atoms with Crippen LogP contribution in [0.1, 0.15) is 44.0 Å². The molecule has 1 rings (SSSR count). The molecule has 0 unspecified atom stereocenters. The number of nitrogens with zero attached hydrogens (tertiary/aromatic N) is 1. The van der Waals surface area contributed by atoms with Crippen molar-refractivity contribution >= 4 is 27.4 Å². The van der Waals surface area contributed by atoms with Crippen molar-refractivity contribution in [1.29, 1.82) is 0 Å². The number of Topliss-reactive ketones (excluding diaryl/α,β-unsaturated/α-hetero) is 1. The smallest absolute Gasteiger partial charge is 0.312 e. The molecule has 0 amide bonds. The summed E-state index contributed by atoms with van der Waals surface area (Å²) in [6, 6.07) is 2.91. The minimum absolute atomic E-state index is 0.0672. The van der Waals surface area contributed by atoms with Crippen molar-refractivity contribution in [2.24, 2.45) is 5.92 Å². The van der Waals surface area contributed by atoms with Gasteiger partial charge in [-0.05, 0) is 18.9 Å². The molecule has 0 aliphatic rings. The van der Waals surface area contributed by atoms with E-state index in [1.165, 1.54) is 13.0 Å². The molecule has 0 N–H and O–H groups in total. The number of hydrogen-bond donors (Lipinski definition) is 0. The van der Waals surface area contributed by atoms with Crippen LogP contribution in [0, 0.1) is 16.0 Å². The van der Waals surface area contributed by atoms with Crippen LogP contribution in [-0.4, -0.2) is 17.3 Å². The van der Waals surface area contributed by atoms with Crippen LogP contribution in [0.15, 0.2) is 16.6 Å². The Morgan fingerprint density at radius 2 is 2.00 bits per heavy atom. The molecule has 0 bridgehead atoms. The Kier molecular flexibility index (Phi) is 6.13. The molecule has 0 aliphatic heterocycles. The van der Waals surface area contributed by atoms with Crippen LogP contribution in [-0.2, 0) is 0 Å². The summed E-state index contributed by atoms with van der Waals surface area (Å²) in [5.41, 5.74) is 0.0487. The lowest BCUT2D eigenvalue weighted by molar-refractivity contribution is -0.386. The molecule has 110 valence electrons. The number of ketones is 1. The van der Waals surface area contributed by atoms with Gasteiger partial charge in [-0.2, -0.15) is 0 Å². The summed E-state index contributed by atoms with van der Waals surface area (Å²) in [7, 11) is 0. The molecule has 0 atom stereocenters. The van der Waals surface area contributed by atoms with Crippen molar-refractivity contribution in [1.82, 2.24) is 0 Å². The van der Waals surface area contributed by atoms with Gasteiger partial charge >= 0.3 is 5.69 Å². The van der Waals surface area contributed by atoms with Gasteiger partial charge in [-0.1, -0.05) is 42.6 Å². The molecule has 5 nitrogen and oxygen atoms in total. The van der Waals surface area contributed by atoms with Gasteiger partial charge in [-0.3, -0.25) is 14.9 Å². The fraction of sp³-hybridized carbons (Fsp3) is 0.500. The van der Waals surface area contributed by atoms with Gasteiger partial charge in [0.25, 0.3) is 0 Å². The zero-order valence-corrected chi connectivity index (χ0v) is 13.4. The van der Waals surface area contributed by atoms with E-state index in [1.54, 1.807) is 6.07 Å². The Hall–Kier alpha value is -1.43. The Bertz CT molecular complexity index is 477. The number of rotatable bonds is 7. The summed E-state index contributed by atoms with van der Waals surface area (Å²) >= 11 is 3.18. The van der Waals surface area contributed by atoms with E-state index in [4.69, 9.17) is 4.74 Å². The maximum absolute atomic E-state index is 11.7. The summed E-state index contributed by atoms with van der Waals surface area (Å²) < 4.78 is 6.10. The van der Waals surface area contributed by atoms with Gasteiger partial charge < -0.3 is 4.74 Å². The first-order valence-corrected chi connectivity index (χ1v) is 7.31. The van der Waals surface area contributed by atoms with E-state index >= 15 is 0 Å². The number of nitro benzene ring substituents is 1. The molecule has 0 aliphatic carbocycles. The first kappa shape index (κ1) is 16.6. The second kappa shape index (κ2) is 7.38. The van der Waals surface area contributed by atoms with Crippen LogP contribution in [0.3, 0.4) is 0 Å². The van der Waals surface area contributed by atoms with Crippen molar-refractivity contribution < 1.29 is 14.5 Å². The topological polar surface area (TPSA) is 69.4 Å². The summed E-state index contributed by atoms with van der Waals surface area (Å²) in [5.74, 6) is 0.129. The number of ether oxygens (including phenoxy) is 1. The molecule has 6 heteroatoms. The lowest BCUT2D eigenvalue weighted by atomic mass is 10.0. The molecule has 0 radical (unpaired) electrons. The van der Waals surface area contributed by atoms with Gasteiger partial charge in [0.2, 0.25) is 5.75 Å². The average molecular weight is 344 g/mol. The number of halogens is 1. The monoisotopic (exact) mass is 343 g/mol. The molecule has 1 aromatic carbocycles.